The van der Waals surface area contributed by atoms with Gasteiger partial charge in [-0.2, -0.15) is 0 Å². The van der Waals surface area contributed by atoms with Crippen molar-refractivity contribution < 1.29 is 23.5 Å². The van der Waals surface area contributed by atoms with Crippen molar-refractivity contribution in [1.29, 1.82) is 0 Å². The summed E-state index contributed by atoms with van der Waals surface area (Å²) in [6, 6.07) is 10.3. The summed E-state index contributed by atoms with van der Waals surface area (Å²) >= 11 is 0. The van der Waals surface area contributed by atoms with Gasteiger partial charge in [-0.3, -0.25) is 14.9 Å². The van der Waals surface area contributed by atoms with Gasteiger partial charge in [-0.05, 0) is 24.3 Å². The minimum atomic E-state index is -1.21. The van der Waals surface area contributed by atoms with Gasteiger partial charge in [-0.1, -0.05) is 32.0 Å². The number of pyridine rings is 2. The van der Waals surface area contributed by atoms with E-state index in [1.807, 2.05) is 0 Å². The van der Waals surface area contributed by atoms with Crippen LogP contribution in [0.4, 0.5) is 15.0 Å². The van der Waals surface area contributed by atoms with Crippen LogP contribution in [0.1, 0.15) is 37.8 Å². The molecule has 2 aromatic heterocycles. The number of rotatable bonds is 4. The first kappa shape index (κ1) is 22.8. The molecular weight excluding hydrogens is 441 g/mol. The van der Waals surface area contributed by atoms with Crippen molar-refractivity contribution in [2.24, 2.45) is 11.1 Å². The molecular formula is C24H22FN5O4. The van der Waals surface area contributed by atoms with Crippen LogP contribution in [0.2, 0.25) is 0 Å². The summed E-state index contributed by atoms with van der Waals surface area (Å²) in [7, 11) is 0. The summed E-state index contributed by atoms with van der Waals surface area (Å²) in [4.78, 5) is 44.2. The molecule has 1 atom stereocenters. The lowest BCUT2D eigenvalue weighted by Crippen LogP contribution is -2.46. The third-order valence-electron chi connectivity index (χ3n) is 5.61. The van der Waals surface area contributed by atoms with Crippen LogP contribution in [0.3, 0.4) is 0 Å². The molecule has 1 aliphatic rings. The second kappa shape index (κ2) is 8.54. The number of amides is 4. The number of anilines is 1. The summed E-state index contributed by atoms with van der Waals surface area (Å²) < 4.78 is 20.6. The number of urea groups is 1. The number of nitrogens with zero attached hydrogens (tertiary/aromatic N) is 2. The van der Waals surface area contributed by atoms with Gasteiger partial charge in [0.25, 0.3) is 0 Å². The van der Waals surface area contributed by atoms with E-state index in [4.69, 9.17) is 10.5 Å². The number of carbonyl (C=O) groups excluding carboxylic acids is 3. The first-order valence-corrected chi connectivity index (χ1v) is 10.4. The molecule has 1 aromatic carbocycles. The number of aromatic nitrogens is 2. The van der Waals surface area contributed by atoms with E-state index >= 15 is 0 Å². The Balaban J connectivity index is 1.79. The Hall–Kier alpha value is -4.34. The van der Waals surface area contributed by atoms with Crippen molar-refractivity contribution in [2.75, 3.05) is 5.32 Å². The van der Waals surface area contributed by atoms with Gasteiger partial charge in [0.2, 0.25) is 17.7 Å². The predicted octanol–water partition coefficient (Wildman–Crippen LogP) is 3.70. The van der Waals surface area contributed by atoms with Crippen LogP contribution in [-0.2, 0) is 9.59 Å². The van der Waals surface area contributed by atoms with Crippen LogP contribution in [0.15, 0.2) is 48.7 Å². The smallest absolute Gasteiger partial charge is 0.318 e. The standard InChI is InChI=1S/C24H22FN5O4/c1-12(31)28-18-10-7-13(11-27-18)17-9-8-15-19(24(2,3)22(32)30-23(26)33)14-5-4-6-16(25)20(14)34-21(15)29-17/h4-11,19H,1-3H3,(H,27,28,31)(H3,26,30,32,33)/t19-/m0/s1. The molecule has 4 rings (SSSR count). The normalized spacial score (nSPS) is 14.3. The minimum absolute atomic E-state index is 0.0382. The fourth-order valence-corrected chi connectivity index (χ4v) is 4.02. The number of nitrogens with two attached hydrogens (primary N) is 1. The number of hydrogen-bond acceptors (Lipinski definition) is 6. The average molecular weight is 463 g/mol. The van der Waals surface area contributed by atoms with E-state index in [1.165, 1.54) is 19.1 Å². The number of ether oxygens (including phenoxy) is 1. The highest BCUT2D eigenvalue weighted by atomic mass is 19.1. The highest BCUT2D eigenvalue weighted by molar-refractivity contribution is 5.97. The third kappa shape index (κ3) is 4.17. The Labute approximate surface area is 194 Å². The van der Waals surface area contributed by atoms with Gasteiger partial charge in [-0.15, -0.1) is 0 Å². The molecule has 34 heavy (non-hydrogen) atoms. The lowest BCUT2D eigenvalue weighted by atomic mass is 9.69. The van der Waals surface area contributed by atoms with Crippen LogP contribution in [0.25, 0.3) is 11.3 Å². The number of benzene rings is 1. The third-order valence-corrected chi connectivity index (χ3v) is 5.61. The van der Waals surface area contributed by atoms with Gasteiger partial charge in [0.05, 0.1) is 11.1 Å². The van der Waals surface area contributed by atoms with Crippen LogP contribution in [-0.4, -0.2) is 27.8 Å². The SMILES string of the molecule is CC(=O)Nc1ccc(-c2ccc3c(n2)Oc2c(F)cccc2[C@@H]3C(C)(C)C(=O)NC(N)=O)cn1. The Kier molecular flexibility index (Phi) is 5.74. The number of para-hydroxylation sites is 1. The molecule has 10 heteroatoms. The molecule has 0 aliphatic carbocycles. The number of hydrogen-bond donors (Lipinski definition) is 3. The molecule has 9 nitrogen and oxygen atoms in total. The zero-order chi connectivity index (χ0) is 24.6. The molecule has 3 heterocycles. The Morgan fingerprint density at radius 1 is 1.09 bits per heavy atom. The quantitative estimate of drug-likeness (QED) is 0.540. The zero-order valence-corrected chi connectivity index (χ0v) is 18.7. The summed E-state index contributed by atoms with van der Waals surface area (Å²) in [5, 5.41) is 4.71. The first-order chi connectivity index (χ1) is 16.1. The second-order valence-electron chi connectivity index (χ2n) is 8.44. The lowest BCUT2D eigenvalue weighted by molar-refractivity contribution is -0.128. The fraction of sp³-hybridized carbons (Fsp3) is 0.208. The van der Waals surface area contributed by atoms with E-state index in [2.05, 4.69) is 20.6 Å². The highest BCUT2D eigenvalue weighted by Crippen LogP contribution is 2.52. The van der Waals surface area contributed by atoms with Crippen molar-refractivity contribution >= 4 is 23.7 Å². The maximum absolute atomic E-state index is 14.7. The van der Waals surface area contributed by atoms with Crippen molar-refractivity contribution in [3.63, 3.8) is 0 Å². The van der Waals surface area contributed by atoms with Crippen molar-refractivity contribution in [2.45, 2.75) is 26.7 Å². The van der Waals surface area contributed by atoms with Crippen LogP contribution in [0, 0.1) is 11.2 Å². The highest BCUT2D eigenvalue weighted by Gasteiger charge is 2.45. The molecule has 0 saturated heterocycles. The van der Waals surface area contributed by atoms with Gasteiger partial charge in [0, 0.05) is 35.7 Å². The number of imide groups is 1. The maximum Gasteiger partial charge on any atom is 0.318 e. The molecule has 1 aliphatic heterocycles. The molecule has 0 unspecified atom stereocenters. The fourth-order valence-electron chi connectivity index (χ4n) is 4.02. The van der Waals surface area contributed by atoms with E-state index < -0.39 is 29.1 Å². The lowest BCUT2D eigenvalue weighted by Gasteiger charge is -2.37. The van der Waals surface area contributed by atoms with E-state index in [0.717, 1.165) is 0 Å². The van der Waals surface area contributed by atoms with Crippen LogP contribution in [0.5, 0.6) is 11.6 Å². The monoisotopic (exact) mass is 463 g/mol. The Morgan fingerprint density at radius 3 is 2.50 bits per heavy atom. The number of primary amides is 1. The van der Waals surface area contributed by atoms with Gasteiger partial charge >= 0.3 is 6.03 Å². The molecule has 0 saturated carbocycles. The number of nitrogens with one attached hydrogen (secondary N) is 2. The van der Waals surface area contributed by atoms with E-state index in [9.17, 15) is 18.8 Å². The topological polar surface area (TPSA) is 136 Å². The van der Waals surface area contributed by atoms with Gasteiger partial charge in [-0.25, -0.2) is 19.2 Å². The molecule has 0 bridgehead atoms. The van der Waals surface area contributed by atoms with Crippen LogP contribution < -0.4 is 21.1 Å². The maximum atomic E-state index is 14.7. The summed E-state index contributed by atoms with van der Waals surface area (Å²) in [5.41, 5.74) is 6.09. The summed E-state index contributed by atoms with van der Waals surface area (Å²) in [6.07, 6.45) is 1.54. The zero-order valence-electron chi connectivity index (χ0n) is 18.7. The van der Waals surface area contributed by atoms with Gasteiger partial charge in [0.1, 0.15) is 5.82 Å². The van der Waals surface area contributed by atoms with Crippen LogP contribution >= 0.6 is 0 Å². The van der Waals surface area contributed by atoms with Crippen molar-refractivity contribution in [3.8, 4) is 22.9 Å². The minimum Gasteiger partial charge on any atom is -0.435 e. The van der Waals surface area contributed by atoms with E-state index in [0.29, 0.717) is 28.2 Å². The van der Waals surface area contributed by atoms with E-state index in [-0.39, 0.29) is 17.5 Å². The first-order valence-electron chi connectivity index (χ1n) is 10.4. The van der Waals surface area contributed by atoms with Gasteiger partial charge in [0.15, 0.2) is 11.6 Å². The molecule has 3 aromatic rings. The second-order valence-corrected chi connectivity index (χ2v) is 8.44. The van der Waals surface area contributed by atoms with E-state index in [1.54, 1.807) is 50.4 Å². The molecule has 174 valence electrons. The van der Waals surface area contributed by atoms with Crippen molar-refractivity contribution in [1.82, 2.24) is 15.3 Å². The van der Waals surface area contributed by atoms with Gasteiger partial charge < -0.3 is 15.8 Å². The number of halogens is 1. The average Bonchev–Trinajstić information content (AvgIpc) is 2.77. The number of fused-ring (bicyclic) bond motifs is 2. The molecule has 4 N–H and O–H groups in total. The molecule has 4 amide bonds. The Bertz CT molecular complexity index is 1310. The van der Waals surface area contributed by atoms with Crippen molar-refractivity contribution in [3.05, 3.63) is 65.6 Å². The summed E-state index contributed by atoms with van der Waals surface area (Å²) in [5.74, 6) is -1.65. The molecule has 0 radical (unpaired) electrons. The summed E-state index contributed by atoms with van der Waals surface area (Å²) in [6.45, 7) is 4.66. The molecule has 0 spiro atoms. The molecule has 0 fully saturated rings. The largest absolute Gasteiger partial charge is 0.435 e. The number of carbonyl (C=O) groups is 3. The Morgan fingerprint density at radius 2 is 1.85 bits per heavy atom. The predicted molar refractivity (Wildman–Crippen MR) is 122 cm³/mol.